The monoisotopic (exact) mass is 246 g/mol. The lowest BCUT2D eigenvalue weighted by Gasteiger charge is -2.27. The van der Waals surface area contributed by atoms with Crippen LogP contribution in [0.3, 0.4) is 0 Å². The van der Waals surface area contributed by atoms with Crippen LogP contribution in [0, 0.1) is 5.92 Å². The molecule has 1 aromatic rings. The minimum absolute atomic E-state index is 0.380. The summed E-state index contributed by atoms with van der Waals surface area (Å²) in [5.74, 6) is 0.718. The highest BCUT2D eigenvalue weighted by atomic mass is 15.2. The number of nitrogens with two attached hydrogens (primary N) is 1. The summed E-state index contributed by atoms with van der Waals surface area (Å²) < 4.78 is 0. The van der Waals surface area contributed by atoms with Gasteiger partial charge in [-0.05, 0) is 43.4 Å². The first kappa shape index (κ1) is 13.6. The molecule has 1 fully saturated rings. The van der Waals surface area contributed by atoms with Crippen molar-refractivity contribution in [3.63, 3.8) is 0 Å². The summed E-state index contributed by atoms with van der Waals surface area (Å²) >= 11 is 0. The Morgan fingerprint density at radius 1 is 1.22 bits per heavy atom. The molecule has 0 radical (unpaired) electrons. The van der Waals surface area contributed by atoms with Crippen molar-refractivity contribution in [2.45, 2.75) is 45.2 Å². The Bertz CT molecular complexity index is 365. The van der Waals surface area contributed by atoms with Crippen LogP contribution in [0.15, 0.2) is 24.3 Å². The number of rotatable bonds is 6. The zero-order valence-electron chi connectivity index (χ0n) is 11.9. The van der Waals surface area contributed by atoms with Gasteiger partial charge in [0.05, 0.1) is 0 Å². The third-order valence-electron chi connectivity index (χ3n) is 3.85. The molecule has 2 rings (SSSR count). The van der Waals surface area contributed by atoms with Gasteiger partial charge in [-0.25, -0.2) is 0 Å². The van der Waals surface area contributed by atoms with Gasteiger partial charge in [0.25, 0.3) is 0 Å². The molecule has 0 aromatic heterocycles. The van der Waals surface area contributed by atoms with Gasteiger partial charge in [0.2, 0.25) is 0 Å². The third-order valence-corrected chi connectivity index (χ3v) is 3.85. The summed E-state index contributed by atoms with van der Waals surface area (Å²) in [5.41, 5.74) is 8.74. The van der Waals surface area contributed by atoms with Gasteiger partial charge in [0.15, 0.2) is 0 Å². The molecule has 2 nitrogen and oxygen atoms in total. The number of benzene rings is 1. The smallest absolute Gasteiger partial charge is 0.0470 e. The molecule has 0 aliphatic heterocycles. The molecule has 2 N–H and O–H groups in total. The summed E-state index contributed by atoms with van der Waals surface area (Å²) in [6, 6.07) is 10.2. The van der Waals surface area contributed by atoms with E-state index in [1.807, 2.05) is 0 Å². The molecule has 1 aliphatic rings. The molecule has 0 heterocycles. The molecule has 0 spiro atoms. The first-order valence-electron chi connectivity index (χ1n) is 7.12. The van der Waals surface area contributed by atoms with E-state index >= 15 is 0 Å². The van der Waals surface area contributed by atoms with Gasteiger partial charge < -0.3 is 5.73 Å². The Labute approximate surface area is 111 Å². The van der Waals surface area contributed by atoms with Gasteiger partial charge in [0, 0.05) is 18.6 Å². The maximum Gasteiger partial charge on any atom is 0.0470 e. The maximum atomic E-state index is 5.95. The summed E-state index contributed by atoms with van der Waals surface area (Å²) in [6.45, 7) is 5.23. The van der Waals surface area contributed by atoms with Crippen molar-refractivity contribution < 1.29 is 0 Å². The average Bonchev–Trinajstić information content (AvgIpc) is 3.15. The lowest BCUT2D eigenvalue weighted by atomic mass is 9.99. The lowest BCUT2D eigenvalue weighted by Crippen LogP contribution is -2.32. The predicted molar refractivity (Wildman–Crippen MR) is 77.6 cm³/mol. The minimum atomic E-state index is 0.380. The minimum Gasteiger partial charge on any atom is -0.329 e. The fourth-order valence-corrected chi connectivity index (χ4v) is 2.62. The third kappa shape index (κ3) is 3.33. The van der Waals surface area contributed by atoms with Crippen molar-refractivity contribution in [2.24, 2.45) is 11.7 Å². The molecule has 1 saturated carbocycles. The quantitative estimate of drug-likeness (QED) is 0.836. The SMILES string of the molecule is CC(C)Cc1ccc(C(CN)N(C)C2CC2)cc1. The molecule has 1 atom stereocenters. The summed E-state index contributed by atoms with van der Waals surface area (Å²) in [7, 11) is 2.21. The van der Waals surface area contributed by atoms with Crippen molar-refractivity contribution in [3.8, 4) is 0 Å². The number of hydrogen-bond donors (Lipinski definition) is 1. The highest BCUT2D eigenvalue weighted by molar-refractivity contribution is 5.26. The zero-order chi connectivity index (χ0) is 13.1. The van der Waals surface area contributed by atoms with Crippen LogP contribution in [0.5, 0.6) is 0 Å². The van der Waals surface area contributed by atoms with Gasteiger partial charge in [-0.3, -0.25) is 4.90 Å². The molecule has 0 saturated heterocycles. The lowest BCUT2D eigenvalue weighted by molar-refractivity contribution is 0.240. The van der Waals surface area contributed by atoms with Gasteiger partial charge >= 0.3 is 0 Å². The number of hydrogen-bond acceptors (Lipinski definition) is 2. The van der Waals surface area contributed by atoms with E-state index in [4.69, 9.17) is 5.73 Å². The second-order valence-electron chi connectivity index (χ2n) is 5.99. The maximum absolute atomic E-state index is 5.95. The largest absolute Gasteiger partial charge is 0.329 e. The first-order valence-corrected chi connectivity index (χ1v) is 7.12. The van der Waals surface area contributed by atoms with E-state index in [0.717, 1.165) is 18.4 Å². The number of likely N-dealkylation sites (N-methyl/N-ethyl adjacent to an activating group) is 1. The molecule has 18 heavy (non-hydrogen) atoms. The van der Waals surface area contributed by atoms with Crippen LogP contribution >= 0.6 is 0 Å². The topological polar surface area (TPSA) is 29.3 Å². The van der Waals surface area contributed by atoms with Crippen LogP contribution in [-0.4, -0.2) is 24.5 Å². The molecule has 1 aromatic carbocycles. The molecule has 2 heteroatoms. The Morgan fingerprint density at radius 3 is 2.28 bits per heavy atom. The van der Waals surface area contributed by atoms with Crippen LogP contribution in [0.2, 0.25) is 0 Å². The van der Waals surface area contributed by atoms with E-state index in [9.17, 15) is 0 Å². The van der Waals surface area contributed by atoms with Gasteiger partial charge in [0.1, 0.15) is 0 Å². The van der Waals surface area contributed by atoms with E-state index in [1.165, 1.54) is 24.0 Å². The van der Waals surface area contributed by atoms with E-state index in [-0.39, 0.29) is 0 Å². The van der Waals surface area contributed by atoms with Crippen LogP contribution < -0.4 is 5.73 Å². The molecule has 0 bridgehead atoms. The molecule has 0 amide bonds. The average molecular weight is 246 g/mol. The summed E-state index contributed by atoms with van der Waals surface area (Å²) in [6.07, 6.45) is 3.82. The molecular weight excluding hydrogens is 220 g/mol. The zero-order valence-corrected chi connectivity index (χ0v) is 11.9. The fourth-order valence-electron chi connectivity index (χ4n) is 2.62. The Balaban J connectivity index is 2.06. The second kappa shape index (κ2) is 5.85. The standard InChI is InChI=1S/C16H26N2/c1-12(2)10-13-4-6-14(7-5-13)16(11-17)18(3)15-8-9-15/h4-7,12,15-16H,8-11,17H2,1-3H3. The first-order chi connectivity index (χ1) is 8.61. The van der Waals surface area contributed by atoms with Crippen molar-refractivity contribution in [3.05, 3.63) is 35.4 Å². The summed E-state index contributed by atoms with van der Waals surface area (Å²) in [5, 5.41) is 0. The van der Waals surface area contributed by atoms with Crippen molar-refractivity contribution >= 4 is 0 Å². The van der Waals surface area contributed by atoms with Crippen LogP contribution in [0.4, 0.5) is 0 Å². The Morgan fingerprint density at radius 2 is 1.83 bits per heavy atom. The summed E-state index contributed by atoms with van der Waals surface area (Å²) in [4.78, 5) is 2.44. The van der Waals surface area contributed by atoms with Crippen molar-refractivity contribution in [2.75, 3.05) is 13.6 Å². The van der Waals surface area contributed by atoms with Gasteiger partial charge in [-0.2, -0.15) is 0 Å². The Hall–Kier alpha value is -0.860. The van der Waals surface area contributed by atoms with Gasteiger partial charge in [-0.1, -0.05) is 38.1 Å². The van der Waals surface area contributed by atoms with Crippen LogP contribution in [0.1, 0.15) is 43.9 Å². The molecule has 100 valence electrons. The van der Waals surface area contributed by atoms with E-state index < -0.39 is 0 Å². The highest BCUT2D eigenvalue weighted by Gasteiger charge is 2.30. The van der Waals surface area contributed by atoms with Crippen LogP contribution in [0.25, 0.3) is 0 Å². The van der Waals surface area contributed by atoms with Crippen molar-refractivity contribution in [1.29, 1.82) is 0 Å². The Kier molecular flexibility index (Phi) is 4.41. The normalized spacial score (nSPS) is 17.4. The molecule has 1 aliphatic carbocycles. The van der Waals surface area contributed by atoms with E-state index in [2.05, 4.69) is 50.1 Å². The molecular formula is C16H26N2. The van der Waals surface area contributed by atoms with Crippen LogP contribution in [-0.2, 0) is 6.42 Å². The van der Waals surface area contributed by atoms with Crippen molar-refractivity contribution in [1.82, 2.24) is 4.90 Å². The van der Waals surface area contributed by atoms with Gasteiger partial charge in [-0.15, -0.1) is 0 Å². The highest BCUT2D eigenvalue weighted by Crippen LogP contribution is 2.32. The fraction of sp³-hybridized carbons (Fsp3) is 0.625. The molecule has 1 unspecified atom stereocenters. The second-order valence-corrected chi connectivity index (χ2v) is 5.99. The number of nitrogens with zero attached hydrogens (tertiary/aromatic N) is 1. The predicted octanol–water partition coefficient (Wildman–Crippen LogP) is 2.98. The van der Waals surface area contributed by atoms with E-state index in [0.29, 0.717) is 12.6 Å². The van der Waals surface area contributed by atoms with E-state index in [1.54, 1.807) is 0 Å².